The number of alkyl carbamates (subject to hydrolysis) is 1. The summed E-state index contributed by atoms with van der Waals surface area (Å²) in [6.45, 7) is 2.50. The molecule has 0 saturated heterocycles. The van der Waals surface area contributed by atoms with Gasteiger partial charge in [0.15, 0.2) is 0 Å². The number of amides is 1. The lowest BCUT2D eigenvalue weighted by atomic mass is 10.3. The minimum absolute atomic E-state index is 0.364. The fourth-order valence-electron chi connectivity index (χ4n) is 1.35. The van der Waals surface area contributed by atoms with Gasteiger partial charge in [-0.3, -0.25) is 4.98 Å². The molecule has 0 spiro atoms. The smallest absolute Gasteiger partial charge is 0.407 e. The van der Waals surface area contributed by atoms with E-state index in [9.17, 15) is 4.79 Å². The third-order valence-electron chi connectivity index (χ3n) is 2.14. The van der Waals surface area contributed by atoms with E-state index in [0.29, 0.717) is 13.2 Å². The summed E-state index contributed by atoms with van der Waals surface area (Å²) in [5.41, 5.74) is 1.65. The number of thiazole rings is 1. The number of pyridine rings is 1. The third-order valence-corrected chi connectivity index (χ3v) is 2.99. The van der Waals surface area contributed by atoms with E-state index in [1.807, 2.05) is 23.6 Å². The van der Waals surface area contributed by atoms with Crippen LogP contribution in [-0.2, 0) is 11.3 Å². The second kappa shape index (κ2) is 6.11. The van der Waals surface area contributed by atoms with Crippen molar-refractivity contribution in [3.8, 4) is 11.4 Å². The molecule has 5 nitrogen and oxygen atoms in total. The number of nitrogens with zero attached hydrogens (tertiary/aromatic N) is 2. The molecule has 0 aliphatic carbocycles. The molecule has 0 aliphatic rings. The third kappa shape index (κ3) is 3.27. The van der Waals surface area contributed by atoms with Gasteiger partial charge in [0.05, 0.1) is 24.5 Å². The van der Waals surface area contributed by atoms with Gasteiger partial charge in [0.2, 0.25) is 0 Å². The minimum atomic E-state index is -0.424. The Morgan fingerprint density at radius 3 is 3.06 bits per heavy atom. The Morgan fingerprint density at radius 2 is 2.33 bits per heavy atom. The number of nitrogens with one attached hydrogen (secondary N) is 1. The predicted octanol–water partition coefficient (Wildman–Crippen LogP) is 2.45. The lowest BCUT2D eigenvalue weighted by Crippen LogP contribution is -2.23. The number of ether oxygens (including phenoxy) is 1. The summed E-state index contributed by atoms with van der Waals surface area (Å²) in [5, 5.41) is 5.38. The normalized spacial score (nSPS) is 10.1. The highest BCUT2D eigenvalue weighted by Crippen LogP contribution is 2.19. The highest BCUT2D eigenvalue weighted by atomic mass is 32.1. The summed E-state index contributed by atoms with van der Waals surface area (Å²) in [7, 11) is 0. The first-order valence-electron chi connectivity index (χ1n) is 5.56. The number of rotatable bonds is 4. The Labute approximate surface area is 109 Å². The monoisotopic (exact) mass is 263 g/mol. The summed E-state index contributed by atoms with van der Waals surface area (Å²) in [6.07, 6.45) is 1.30. The van der Waals surface area contributed by atoms with E-state index in [0.717, 1.165) is 16.4 Å². The van der Waals surface area contributed by atoms with E-state index in [1.54, 1.807) is 13.1 Å². The summed E-state index contributed by atoms with van der Waals surface area (Å²) in [6, 6.07) is 5.68. The number of carbonyl (C=O) groups excluding carboxylic acids is 1. The van der Waals surface area contributed by atoms with Crippen LogP contribution in [0.1, 0.15) is 11.9 Å². The van der Waals surface area contributed by atoms with E-state index in [1.165, 1.54) is 11.3 Å². The standard InChI is InChI=1S/C12H13N3O2S/c1-2-17-12(16)14-7-11-15-10(8-18-11)9-5-3-4-6-13-9/h3-6,8H,2,7H2,1H3,(H,14,16). The zero-order chi connectivity index (χ0) is 12.8. The molecule has 0 unspecified atom stereocenters. The molecule has 0 bridgehead atoms. The molecule has 6 heteroatoms. The van der Waals surface area contributed by atoms with Crippen molar-refractivity contribution in [3.63, 3.8) is 0 Å². The lowest BCUT2D eigenvalue weighted by molar-refractivity contribution is 0.151. The number of hydrogen-bond donors (Lipinski definition) is 1. The van der Waals surface area contributed by atoms with Gasteiger partial charge in [-0.25, -0.2) is 9.78 Å². The van der Waals surface area contributed by atoms with Crippen molar-refractivity contribution in [1.29, 1.82) is 0 Å². The van der Waals surface area contributed by atoms with Crippen LogP contribution in [0.2, 0.25) is 0 Å². The summed E-state index contributed by atoms with van der Waals surface area (Å²) in [4.78, 5) is 19.7. The van der Waals surface area contributed by atoms with Gasteiger partial charge >= 0.3 is 6.09 Å². The molecule has 2 aromatic heterocycles. The van der Waals surface area contributed by atoms with Gasteiger partial charge in [0.1, 0.15) is 5.01 Å². The zero-order valence-corrected chi connectivity index (χ0v) is 10.7. The van der Waals surface area contributed by atoms with Gasteiger partial charge in [-0.2, -0.15) is 0 Å². The van der Waals surface area contributed by atoms with Crippen LogP contribution in [0.25, 0.3) is 11.4 Å². The van der Waals surface area contributed by atoms with Gasteiger partial charge in [0.25, 0.3) is 0 Å². The van der Waals surface area contributed by atoms with Crippen LogP contribution in [0.5, 0.6) is 0 Å². The van der Waals surface area contributed by atoms with E-state index >= 15 is 0 Å². The summed E-state index contributed by atoms with van der Waals surface area (Å²) < 4.78 is 4.77. The largest absolute Gasteiger partial charge is 0.450 e. The summed E-state index contributed by atoms with van der Waals surface area (Å²) in [5.74, 6) is 0. The molecule has 1 N–H and O–H groups in total. The molecule has 1 amide bonds. The highest BCUT2D eigenvalue weighted by molar-refractivity contribution is 7.09. The second-order valence-corrected chi connectivity index (χ2v) is 4.36. The Morgan fingerprint density at radius 1 is 1.44 bits per heavy atom. The van der Waals surface area contributed by atoms with Crippen LogP contribution in [-0.4, -0.2) is 22.7 Å². The molecular formula is C12H13N3O2S. The van der Waals surface area contributed by atoms with Gasteiger partial charge in [-0.05, 0) is 19.1 Å². The van der Waals surface area contributed by atoms with Crippen molar-refractivity contribution in [2.75, 3.05) is 6.61 Å². The second-order valence-electron chi connectivity index (χ2n) is 3.42. The lowest BCUT2D eigenvalue weighted by Gasteiger charge is -2.02. The average molecular weight is 263 g/mol. The fourth-order valence-corrected chi connectivity index (χ4v) is 2.08. The molecule has 0 aliphatic heterocycles. The topological polar surface area (TPSA) is 64.1 Å². The Balaban J connectivity index is 1.97. The van der Waals surface area contributed by atoms with Crippen molar-refractivity contribution in [1.82, 2.24) is 15.3 Å². The van der Waals surface area contributed by atoms with Crippen LogP contribution < -0.4 is 5.32 Å². The molecule has 0 aromatic carbocycles. The van der Waals surface area contributed by atoms with Gasteiger partial charge in [0, 0.05) is 11.6 Å². The van der Waals surface area contributed by atoms with Gasteiger partial charge < -0.3 is 10.1 Å². The first-order valence-corrected chi connectivity index (χ1v) is 6.44. The minimum Gasteiger partial charge on any atom is -0.450 e. The van der Waals surface area contributed by atoms with Crippen molar-refractivity contribution in [2.24, 2.45) is 0 Å². The zero-order valence-electron chi connectivity index (χ0n) is 9.92. The van der Waals surface area contributed by atoms with Crippen molar-refractivity contribution in [2.45, 2.75) is 13.5 Å². The van der Waals surface area contributed by atoms with Crippen LogP contribution in [0, 0.1) is 0 Å². The molecule has 0 atom stereocenters. The molecule has 0 fully saturated rings. The Kier molecular flexibility index (Phi) is 4.25. The fraction of sp³-hybridized carbons (Fsp3) is 0.250. The van der Waals surface area contributed by atoms with E-state index in [4.69, 9.17) is 4.74 Å². The van der Waals surface area contributed by atoms with Crippen LogP contribution in [0.15, 0.2) is 29.8 Å². The highest BCUT2D eigenvalue weighted by Gasteiger charge is 2.06. The molecule has 18 heavy (non-hydrogen) atoms. The molecule has 0 saturated carbocycles. The molecule has 2 aromatic rings. The van der Waals surface area contributed by atoms with E-state index in [2.05, 4.69) is 15.3 Å². The first-order chi connectivity index (χ1) is 8.79. The van der Waals surface area contributed by atoms with Crippen LogP contribution in [0.4, 0.5) is 4.79 Å². The quantitative estimate of drug-likeness (QED) is 0.920. The maximum atomic E-state index is 11.1. The summed E-state index contributed by atoms with van der Waals surface area (Å²) >= 11 is 1.48. The maximum Gasteiger partial charge on any atom is 0.407 e. The van der Waals surface area contributed by atoms with Gasteiger partial charge in [-0.1, -0.05) is 6.07 Å². The average Bonchev–Trinajstić information content (AvgIpc) is 2.87. The molecule has 0 radical (unpaired) electrons. The predicted molar refractivity (Wildman–Crippen MR) is 69.2 cm³/mol. The number of aromatic nitrogens is 2. The van der Waals surface area contributed by atoms with Crippen molar-refractivity contribution in [3.05, 3.63) is 34.8 Å². The van der Waals surface area contributed by atoms with Crippen LogP contribution in [0.3, 0.4) is 0 Å². The molecular weight excluding hydrogens is 250 g/mol. The van der Waals surface area contributed by atoms with Crippen molar-refractivity contribution >= 4 is 17.4 Å². The van der Waals surface area contributed by atoms with Gasteiger partial charge in [-0.15, -0.1) is 11.3 Å². The van der Waals surface area contributed by atoms with Crippen LogP contribution >= 0.6 is 11.3 Å². The Hall–Kier alpha value is -1.95. The SMILES string of the molecule is CCOC(=O)NCc1nc(-c2ccccn2)cs1. The van der Waals surface area contributed by atoms with Crippen molar-refractivity contribution < 1.29 is 9.53 Å². The number of hydrogen-bond acceptors (Lipinski definition) is 5. The van der Waals surface area contributed by atoms with E-state index < -0.39 is 6.09 Å². The van der Waals surface area contributed by atoms with E-state index in [-0.39, 0.29) is 0 Å². The first kappa shape index (κ1) is 12.5. The number of carbonyl (C=O) groups is 1. The molecule has 2 rings (SSSR count). The maximum absolute atomic E-state index is 11.1. The Bertz CT molecular complexity index is 513. The molecule has 2 heterocycles. The molecule has 94 valence electrons.